The van der Waals surface area contributed by atoms with E-state index in [9.17, 15) is 4.79 Å². The van der Waals surface area contributed by atoms with Gasteiger partial charge in [-0.2, -0.15) is 4.73 Å². The molecule has 0 unspecified atom stereocenters. The molecular weight excluding hydrogens is 202 g/mol. The summed E-state index contributed by atoms with van der Waals surface area (Å²) in [6, 6.07) is 3.77. The second-order valence-corrected chi connectivity index (χ2v) is 3.41. The maximum absolute atomic E-state index is 10.5. The van der Waals surface area contributed by atoms with E-state index >= 15 is 0 Å². The lowest BCUT2D eigenvalue weighted by Gasteiger charge is -2.02. The summed E-state index contributed by atoms with van der Waals surface area (Å²) >= 11 is 1.51. The van der Waals surface area contributed by atoms with Crippen molar-refractivity contribution in [2.45, 2.75) is 0 Å². The summed E-state index contributed by atoms with van der Waals surface area (Å²) in [7, 11) is 0. The first-order chi connectivity index (χ1) is 6.77. The molecule has 0 fully saturated rings. The van der Waals surface area contributed by atoms with Gasteiger partial charge in [-0.25, -0.2) is 9.78 Å². The van der Waals surface area contributed by atoms with Gasteiger partial charge >= 0.3 is 6.09 Å². The molecule has 0 spiro atoms. The number of rotatable bonds is 2. The number of hydrogen-bond donors (Lipinski definition) is 1. The van der Waals surface area contributed by atoms with Crippen LogP contribution in [0.2, 0.25) is 0 Å². The predicted octanol–water partition coefficient (Wildman–Crippen LogP) is 1.12. The average Bonchev–Trinajstić information content (AvgIpc) is 2.70. The molecule has 0 aliphatic rings. The van der Waals surface area contributed by atoms with Crippen molar-refractivity contribution in [1.82, 2.24) is 9.71 Å². The molecule has 2 aromatic rings. The molecule has 14 heavy (non-hydrogen) atoms. The van der Waals surface area contributed by atoms with E-state index in [1.54, 1.807) is 0 Å². The van der Waals surface area contributed by atoms with Gasteiger partial charge in [0.2, 0.25) is 0 Å². The van der Waals surface area contributed by atoms with Crippen LogP contribution in [0.1, 0.15) is 0 Å². The fourth-order valence-electron chi connectivity index (χ4n) is 1.04. The Kier molecular flexibility index (Phi) is 2.19. The van der Waals surface area contributed by atoms with E-state index in [4.69, 9.17) is 10.6 Å². The van der Waals surface area contributed by atoms with Crippen LogP contribution in [0.5, 0.6) is 0 Å². The number of imidazole rings is 1. The lowest BCUT2D eigenvalue weighted by molar-refractivity contribution is 0.145. The van der Waals surface area contributed by atoms with Crippen molar-refractivity contribution in [3.63, 3.8) is 0 Å². The van der Waals surface area contributed by atoms with E-state index in [0.717, 1.165) is 4.88 Å². The molecule has 0 saturated heterocycles. The minimum absolute atomic E-state index is 0.568. The Morgan fingerprint density at radius 3 is 3.14 bits per heavy atom. The highest BCUT2D eigenvalue weighted by molar-refractivity contribution is 7.13. The Morgan fingerprint density at radius 1 is 1.64 bits per heavy atom. The molecule has 72 valence electrons. The number of primary amides is 1. The lowest BCUT2D eigenvalue weighted by Crippen LogP contribution is -2.25. The molecule has 5 nitrogen and oxygen atoms in total. The van der Waals surface area contributed by atoms with Crippen molar-refractivity contribution < 1.29 is 9.63 Å². The van der Waals surface area contributed by atoms with Crippen LogP contribution in [0.3, 0.4) is 0 Å². The second-order valence-electron chi connectivity index (χ2n) is 2.46. The predicted molar refractivity (Wildman–Crippen MR) is 51.7 cm³/mol. The molecule has 1 amide bonds. The molecule has 0 atom stereocenters. The van der Waals surface area contributed by atoms with Crippen molar-refractivity contribution >= 4 is 17.4 Å². The first-order valence-corrected chi connectivity index (χ1v) is 4.70. The number of thiophene rings is 1. The number of nitrogens with zero attached hydrogens (tertiary/aromatic N) is 2. The highest BCUT2D eigenvalue weighted by Gasteiger charge is 2.08. The third-order valence-electron chi connectivity index (χ3n) is 1.54. The second kappa shape index (κ2) is 3.51. The van der Waals surface area contributed by atoms with Gasteiger partial charge in [0.15, 0.2) is 5.82 Å². The van der Waals surface area contributed by atoms with Gasteiger partial charge in [-0.15, -0.1) is 11.3 Å². The van der Waals surface area contributed by atoms with Crippen LogP contribution >= 0.6 is 11.3 Å². The number of hydrogen-bond acceptors (Lipinski definition) is 4. The summed E-state index contributed by atoms with van der Waals surface area (Å²) in [6.07, 6.45) is 2.21. The largest absolute Gasteiger partial charge is 0.429 e. The van der Waals surface area contributed by atoms with E-state index in [1.807, 2.05) is 17.5 Å². The van der Waals surface area contributed by atoms with Crippen LogP contribution in [0.25, 0.3) is 10.7 Å². The van der Waals surface area contributed by atoms with Crippen molar-refractivity contribution in [3.05, 3.63) is 29.9 Å². The fraction of sp³-hybridized carbons (Fsp3) is 0. The molecule has 2 heterocycles. The summed E-state index contributed by atoms with van der Waals surface area (Å²) in [4.78, 5) is 20.2. The molecule has 0 saturated carbocycles. The minimum atomic E-state index is -0.860. The van der Waals surface area contributed by atoms with Crippen LogP contribution in [0.15, 0.2) is 29.9 Å². The van der Waals surface area contributed by atoms with Gasteiger partial charge in [-0.05, 0) is 11.4 Å². The first kappa shape index (κ1) is 8.76. The van der Waals surface area contributed by atoms with Crippen LogP contribution in [0.4, 0.5) is 4.79 Å². The Bertz CT molecular complexity index is 435. The SMILES string of the molecule is NC(=O)On1ccnc1-c1cccs1. The van der Waals surface area contributed by atoms with Crippen molar-refractivity contribution in [1.29, 1.82) is 0 Å². The Hall–Kier alpha value is -1.82. The van der Waals surface area contributed by atoms with Crippen LogP contribution in [0, 0.1) is 0 Å². The number of aromatic nitrogens is 2. The monoisotopic (exact) mass is 209 g/mol. The molecule has 0 aliphatic carbocycles. The van der Waals surface area contributed by atoms with E-state index < -0.39 is 6.09 Å². The summed E-state index contributed by atoms with van der Waals surface area (Å²) in [5.41, 5.74) is 4.90. The molecule has 0 aliphatic heterocycles. The molecule has 0 aromatic carbocycles. The summed E-state index contributed by atoms with van der Waals surface area (Å²) in [5.74, 6) is 0.568. The highest BCUT2D eigenvalue weighted by atomic mass is 32.1. The Morgan fingerprint density at radius 2 is 2.50 bits per heavy atom. The van der Waals surface area contributed by atoms with Crippen molar-refractivity contribution in [2.24, 2.45) is 5.73 Å². The first-order valence-electron chi connectivity index (χ1n) is 3.82. The summed E-state index contributed by atoms with van der Waals surface area (Å²) in [5, 5.41) is 1.92. The number of carbonyl (C=O) groups is 1. The number of nitrogens with two attached hydrogens (primary N) is 1. The third-order valence-corrected chi connectivity index (χ3v) is 2.40. The fourth-order valence-corrected chi connectivity index (χ4v) is 1.75. The van der Waals surface area contributed by atoms with E-state index in [2.05, 4.69) is 4.98 Å². The summed E-state index contributed by atoms with van der Waals surface area (Å²) in [6.45, 7) is 0. The van der Waals surface area contributed by atoms with Crippen LogP contribution in [-0.2, 0) is 0 Å². The zero-order valence-corrected chi connectivity index (χ0v) is 7.90. The summed E-state index contributed by atoms with van der Waals surface area (Å²) < 4.78 is 1.24. The van der Waals surface area contributed by atoms with Gasteiger partial charge in [0.25, 0.3) is 0 Å². The molecule has 2 rings (SSSR count). The van der Waals surface area contributed by atoms with E-state index in [-0.39, 0.29) is 0 Å². The topological polar surface area (TPSA) is 70.1 Å². The maximum Gasteiger partial charge on any atom is 0.429 e. The molecule has 0 radical (unpaired) electrons. The molecular formula is C8H7N3O2S. The lowest BCUT2D eigenvalue weighted by atomic mass is 10.4. The average molecular weight is 209 g/mol. The smallest absolute Gasteiger partial charge is 0.333 e. The number of carbonyl (C=O) groups excluding carboxylic acids is 1. The van der Waals surface area contributed by atoms with E-state index in [1.165, 1.54) is 28.5 Å². The van der Waals surface area contributed by atoms with Gasteiger partial charge in [0.1, 0.15) is 0 Å². The standard InChI is InChI=1S/C8H7N3O2S/c9-8(12)13-11-4-3-10-7(11)6-2-1-5-14-6/h1-5H,(H2,9,12). The Labute approximate surface area is 83.7 Å². The number of amides is 1. The van der Waals surface area contributed by atoms with Gasteiger partial charge in [0.05, 0.1) is 11.1 Å². The van der Waals surface area contributed by atoms with Crippen LogP contribution in [-0.4, -0.2) is 15.8 Å². The normalized spacial score (nSPS) is 10.0. The quantitative estimate of drug-likeness (QED) is 0.805. The zero-order valence-electron chi connectivity index (χ0n) is 7.08. The van der Waals surface area contributed by atoms with Crippen molar-refractivity contribution in [2.75, 3.05) is 0 Å². The van der Waals surface area contributed by atoms with Crippen molar-refractivity contribution in [3.8, 4) is 10.7 Å². The Balaban J connectivity index is 2.35. The minimum Gasteiger partial charge on any atom is -0.333 e. The van der Waals surface area contributed by atoms with Crippen LogP contribution < -0.4 is 10.6 Å². The molecule has 6 heteroatoms. The van der Waals surface area contributed by atoms with Gasteiger partial charge in [-0.1, -0.05) is 6.07 Å². The van der Waals surface area contributed by atoms with Gasteiger partial charge in [-0.3, -0.25) is 0 Å². The highest BCUT2D eigenvalue weighted by Crippen LogP contribution is 2.21. The zero-order chi connectivity index (χ0) is 9.97. The van der Waals surface area contributed by atoms with E-state index in [0.29, 0.717) is 5.82 Å². The van der Waals surface area contributed by atoms with Gasteiger partial charge < -0.3 is 10.6 Å². The van der Waals surface area contributed by atoms with Gasteiger partial charge in [0, 0.05) is 6.20 Å². The molecule has 2 N–H and O–H groups in total. The third kappa shape index (κ3) is 1.60. The molecule has 2 aromatic heterocycles. The molecule has 0 bridgehead atoms. The maximum atomic E-state index is 10.5.